The predicted octanol–water partition coefficient (Wildman–Crippen LogP) is 4.32. The lowest BCUT2D eigenvalue weighted by molar-refractivity contribution is 0.477. The quantitative estimate of drug-likeness (QED) is 0.495. The SMILES string of the molecule is C=CCCCCCC(NCCC)c1cncs1. The fourth-order valence-electron chi connectivity index (χ4n) is 1.88. The van der Waals surface area contributed by atoms with Crippen molar-refractivity contribution in [2.45, 2.75) is 51.5 Å². The Morgan fingerprint density at radius 2 is 2.35 bits per heavy atom. The lowest BCUT2D eigenvalue weighted by Crippen LogP contribution is -2.21. The summed E-state index contributed by atoms with van der Waals surface area (Å²) in [6.07, 6.45) is 11.4. The molecule has 2 nitrogen and oxygen atoms in total. The first-order valence-corrected chi connectivity index (χ1v) is 7.49. The third-order valence-corrected chi connectivity index (χ3v) is 3.73. The summed E-state index contributed by atoms with van der Waals surface area (Å²) in [4.78, 5) is 5.55. The highest BCUT2D eigenvalue weighted by Gasteiger charge is 2.11. The highest BCUT2D eigenvalue weighted by Crippen LogP contribution is 2.23. The second-order valence-electron chi connectivity index (χ2n) is 4.34. The van der Waals surface area contributed by atoms with Gasteiger partial charge in [0.05, 0.1) is 5.51 Å². The molecule has 1 aromatic heterocycles. The third-order valence-electron chi connectivity index (χ3n) is 2.84. The summed E-state index contributed by atoms with van der Waals surface area (Å²) in [5.74, 6) is 0. The average Bonchev–Trinajstić information content (AvgIpc) is 2.86. The van der Waals surface area contributed by atoms with E-state index in [4.69, 9.17) is 0 Å². The highest BCUT2D eigenvalue weighted by molar-refractivity contribution is 7.09. The fraction of sp³-hybridized carbons (Fsp3) is 0.643. The smallest absolute Gasteiger partial charge is 0.0794 e. The van der Waals surface area contributed by atoms with Crippen molar-refractivity contribution in [3.8, 4) is 0 Å². The van der Waals surface area contributed by atoms with Crippen LogP contribution in [-0.4, -0.2) is 11.5 Å². The maximum absolute atomic E-state index is 4.17. The number of allylic oxidation sites excluding steroid dienone is 1. The first kappa shape index (κ1) is 14.4. The lowest BCUT2D eigenvalue weighted by atomic mass is 10.1. The van der Waals surface area contributed by atoms with Crippen molar-refractivity contribution in [1.82, 2.24) is 10.3 Å². The van der Waals surface area contributed by atoms with Gasteiger partial charge in [0.25, 0.3) is 0 Å². The maximum Gasteiger partial charge on any atom is 0.0794 e. The van der Waals surface area contributed by atoms with Crippen molar-refractivity contribution in [1.29, 1.82) is 0 Å². The number of hydrogen-bond donors (Lipinski definition) is 1. The van der Waals surface area contributed by atoms with E-state index in [0.717, 1.165) is 13.0 Å². The van der Waals surface area contributed by atoms with E-state index in [1.165, 1.54) is 37.0 Å². The van der Waals surface area contributed by atoms with E-state index in [2.05, 4.69) is 23.8 Å². The van der Waals surface area contributed by atoms with E-state index in [0.29, 0.717) is 6.04 Å². The first-order chi connectivity index (χ1) is 8.38. The molecule has 0 amide bonds. The number of unbranched alkanes of at least 4 members (excludes halogenated alkanes) is 3. The van der Waals surface area contributed by atoms with E-state index < -0.39 is 0 Å². The Balaban J connectivity index is 2.28. The van der Waals surface area contributed by atoms with Crippen LogP contribution in [-0.2, 0) is 0 Å². The molecular formula is C14H24N2S. The second-order valence-corrected chi connectivity index (χ2v) is 5.26. The Labute approximate surface area is 109 Å². The summed E-state index contributed by atoms with van der Waals surface area (Å²) < 4.78 is 0. The van der Waals surface area contributed by atoms with Crippen LogP contribution in [0, 0.1) is 0 Å². The zero-order valence-electron chi connectivity index (χ0n) is 10.8. The van der Waals surface area contributed by atoms with E-state index in [1.807, 2.05) is 17.8 Å². The number of thiazole rings is 1. The zero-order valence-corrected chi connectivity index (χ0v) is 11.6. The summed E-state index contributed by atoms with van der Waals surface area (Å²) in [5.41, 5.74) is 1.92. The minimum Gasteiger partial charge on any atom is -0.309 e. The van der Waals surface area contributed by atoms with E-state index in [1.54, 1.807) is 11.3 Å². The van der Waals surface area contributed by atoms with Crippen LogP contribution in [0.4, 0.5) is 0 Å². The summed E-state index contributed by atoms with van der Waals surface area (Å²) in [5, 5.41) is 3.61. The van der Waals surface area contributed by atoms with Gasteiger partial charge in [-0.15, -0.1) is 17.9 Å². The van der Waals surface area contributed by atoms with Gasteiger partial charge < -0.3 is 5.32 Å². The van der Waals surface area contributed by atoms with Gasteiger partial charge in [-0.25, -0.2) is 0 Å². The van der Waals surface area contributed by atoms with E-state index in [-0.39, 0.29) is 0 Å². The Bertz CT molecular complexity index is 282. The van der Waals surface area contributed by atoms with Crippen molar-refractivity contribution in [2.24, 2.45) is 0 Å². The first-order valence-electron chi connectivity index (χ1n) is 6.61. The molecule has 1 unspecified atom stereocenters. The summed E-state index contributed by atoms with van der Waals surface area (Å²) >= 11 is 1.76. The molecule has 0 radical (unpaired) electrons. The Hall–Kier alpha value is -0.670. The Kier molecular flexibility index (Phi) is 7.93. The van der Waals surface area contributed by atoms with Crippen molar-refractivity contribution in [3.05, 3.63) is 29.2 Å². The monoisotopic (exact) mass is 252 g/mol. The summed E-state index contributed by atoms with van der Waals surface area (Å²) in [7, 11) is 0. The van der Waals surface area contributed by atoms with Crippen molar-refractivity contribution in [2.75, 3.05) is 6.54 Å². The molecule has 0 aliphatic rings. The van der Waals surface area contributed by atoms with Gasteiger partial charge in [0, 0.05) is 17.1 Å². The van der Waals surface area contributed by atoms with Gasteiger partial charge in [-0.2, -0.15) is 0 Å². The molecule has 96 valence electrons. The molecule has 0 aliphatic carbocycles. The number of nitrogens with one attached hydrogen (secondary N) is 1. The van der Waals surface area contributed by atoms with E-state index in [9.17, 15) is 0 Å². The van der Waals surface area contributed by atoms with Crippen LogP contribution in [0.1, 0.15) is 56.4 Å². The molecule has 1 atom stereocenters. The minimum absolute atomic E-state index is 0.506. The minimum atomic E-state index is 0.506. The van der Waals surface area contributed by atoms with Crippen LogP contribution < -0.4 is 5.32 Å². The molecule has 1 heterocycles. The van der Waals surface area contributed by atoms with Gasteiger partial charge in [0.2, 0.25) is 0 Å². The summed E-state index contributed by atoms with van der Waals surface area (Å²) in [6.45, 7) is 7.06. The number of aromatic nitrogens is 1. The van der Waals surface area contributed by atoms with Gasteiger partial charge in [-0.3, -0.25) is 4.98 Å². The molecule has 1 N–H and O–H groups in total. The highest BCUT2D eigenvalue weighted by atomic mass is 32.1. The predicted molar refractivity (Wildman–Crippen MR) is 76.4 cm³/mol. The van der Waals surface area contributed by atoms with Gasteiger partial charge in [0.1, 0.15) is 0 Å². The topological polar surface area (TPSA) is 24.9 Å². The second kappa shape index (κ2) is 9.37. The van der Waals surface area contributed by atoms with Crippen molar-refractivity contribution < 1.29 is 0 Å². The molecule has 0 saturated heterocycles. The Morgan fingerprint density at radius 1 is 1.47 bits per heavy atom. The molecule has 0 saturated carbocycles. The lowest BCUT2D eigenvalue weighted by Gasteiger charge is -2.16. The molecule has 0 fully saturated rings. The summed E-state index contributed by atoms with van der Waals surface area (Å²) in [6, 6.07) is 0.506. The number of hydrogen-bond acceptors (Lipinski definition) is 3. The van der Waals surface area contributed by atoms with Crippen LogP contribution in [0.15, 0.2) is 24.4 Å². The molecule has 1 rings (SSSR count). The largest absolute Gasteiger partial charge is 0.309 e. The van der Waals surface area contributed by atoms with Gasteiger partial charge in [0.15, 0.2) is 0 Å². The van der Waals surface area contributed by atoms with Crippen molar-refractivity contribution >= 4 is 11.3 Å². The third kappa shape index (κ3) is 5.99. The van der Waals surface area contributed by atoms with Crippen LogP contribution in [0.25, 0.3) is 0 Å². The molecule has 17 heavy (non-hydrogen) atoms. The molecule has 0 aromatic carbocycles. The zero-order chi connectivity index (χ0) is 12.3. The molecule has 3 heteroatoms. The van der Waals surface area contributed by atoms with Crippen LogP contribution >= 0.6 is 11.3 Å². The number of rotatable bonds is 10. The molecule has 0 bridgehead atoms. The molecule has 0 spiro atoms. The van der Waals surface area contributed by atoms with Gasteiger partial charge >= 0.3 is 0 Å². The Morgan fingerprint density at radius 3 is 3.00 bits per heavy atom. The van der Waals surface area contributed by atoms with Crippen molar-refractivity contribution in [3.63, 3.8) is 0 Å². The van der Waals surface area contributed by atoms with Gasteiger partial charge in [-0.05, 0) is 32.2 Å². The van der Waals surface area contributed by atoms with Crippen LogP contribution in [0.5, 0.6) is 0 Å². The van der Waals surface area contributed by atoms with Gasteiger partial charge in [-0.1, -0.05) is 25.8 Å². The van der Waals surface area contributed by atoms with Crippen LogP contribution in [0.3, 0.4) is 0 Å². The maximum atomic E-state index is 4.17. The standard InChI is InChI=1S/C14H24N2S/c1-3-5-6-7-8-9-13(16-10-4-2)14-11-15-12-17-14/h3,11-13,16H,1,4-10H2,2H3. The fourth-order valence-corrected chi connectivity index (χ4v) is 2.61. The van der Waals surface area contributed by atoms with E-state index >= 15 is 0 Å². The molecule has 0 aliphatic heterocycles. The molecular weight excluding hydrogens is 228 g/mol. The molecule has 1 aromatic rings. The normalized spacial score (nSPS) is 12.5. The average molecular weight is 252 g/mol. The number of nitrogens with zero attached hydrogens (tertiary/aromatic N) is 1. The van der Waals surface area contributed by atoms with Crippen LogP contribution in [0.2, 0.25) is 0 Å².